The molecular weight excluding hydrogens is 350 g/mol. The van der Waals surface area contributed by atoms with Crippen molar-refractivity contribution < 1.29 is 4.79 Å². The minimum atomic E-state index is -0.291. The van der Waals surface area contributed by atoms with Gasteiger partial charge in [-0.1, -0.05) is 25.7 Å². The topological polar surface area (TPSA) is 60.0 Å². The van der Waals surface area contributed by atoms with Gasteiger partial charge in [-0.25, -0.2) is 0 Å². The smallest absolute Gasteiger partial charge is 0.230 e. The number of piperidine rings is 1. The van der Waals surface area contributed by atoms with Crippen LogP contribution in [-0.4, -0.2) is 75.0 Å². The van der Waals surface area contributed by atoms with Crippen molar-refractivity contribution in [1.29, 1.82) is 0 Å². The first-order chi connectivity index (χ1) is 13.6. The average Bonchev–Trinajstić information content (AvgIpc) is 3.18. The Morgan fingerprint density at radius 3 is 2.36 bits per heavy atom. The number of hydrogen-bond donors (Lipinski definition) is 2. The first-order valence-electron chi connectivity index (χ1n) is 11.5. The van der Waals surface area contributed by atoms with Crippen molar-refractivity contribution in [3.8, 4) is 0 Å². The van der Waals surface area contributed by atoms with Crippen LogP contribution in [0.5, 0.6) is 0 Å². The molecule has 6 nitrogen and oxygen atoms in total. The number of likely N-dealkylation sites (tertiary alicyclic amines) is 1. The highest BCUT2D eigenvalue weighted by molar-refractivity contribution is 5.84. The summed E-state index contributed by atoms with van der Waals surface area (Å²) in [5.74, 6) is 1.10. The number of unbranched alkanes of at least 4 members (excludes halogenated alkanes) is 2. The van der Waals surface area contributed by atoms with Crippen LogP contribution in [0.3, 0.4) is 0 Å². The van der Waals surface area contributed by atoms with E-state index in [1.165, 1.54) is 58.2 Å². The maximum Gasteiger partial charge on any atom is 0.230 e. The van der Waals surface area contributed by atoms with Crippen LogP contribution in [0.2, 0.25) is 0 Å². The van der Waals surface area contributed by atoms with E-state index in [2.05, 4.69) is 22.5 Å². The summed E-state index contributed by atoms with van der Waals surface area (Å²) in [6.45, 7) is 8.31. The summed E-state index contributed by atoms with van der Waals surface area (Å²) in [6.07, 6.45) is 12.1. The van der Waals surface area contributed by atoms with Crippen molar-refractivity contribution in [3.63, 3.8) is 0 Å². The Morgan fingerprint density at radius 1 is 1.00 bits per heavy atom. The lowest BCUT2D eigenvalue weighted by molar-refractivity contribution is -0.138. The second-order valence-electron chi connectivity index (χ2n) is 8.77. The Morgan fingerprint density at radius 2 is 1.71 bits per heavy atom. The zero-order chi connectivity index (χ0) is 20.2. The molecule has 1 saturated carbocycles. The Kier molecular flexibility index (Phi) is 10.1. The van der Waals surface area contributed by atoms with E-state index in [4.69, 9.17) is 4.99 Å². The van der Waals surface area contributed by atoms with E-state index in [0.29, 0.717) is 6.54 Å². The largest absolute Gasteiger partial charge is 0.357 e. The van der Waals surface area contributed by atoms with E-state index in [-0.39, 0.29) is 11.3 Å². The molecule has 0 bridgehead atoms. The minimum absolute atomic E-state index is 0.238. The lowest BCUT2D eigenvalue weighted by atomic mass is 9.85. The van der Waals surface area contributed by atoms with Gasteiger partial charge in [-0.3, -0.25) is 9.79 Å². The first-order valence-corrected chi connectivity index (χ1v) is 11.5. The molecule has 0 spiro atoms. The molecule has 2 N–H and O–H groups in total. The Bertz CT molecular complexity index is 479. The summed E-state index contributed by atoms with van der Waals surface area (Å²) in [4.78, 5) is 21.9. The normalized spacial score (nSPS) is 20.2. The van der Waals surface area contributed by atoms with Crippen LogP contribution >= 0.6 is 0 Å². The summed E-state index contributed by atoms with van der Waals surface area (Å²) in [6, 6.07) is 0. The molecule has 0 radical (unpaired) electrons. The van der Waals surface area contributed by atoms with Gasteiger partial charge in [0.05, 0.1) is 12.0 Å². The zero-order valence-corrected chi connectivity index (χ0v) is 18.6. The van der Waals surface area contributed by atoms with Crippen LogP contribution in [0.15, 0.2) is 4.99 Å². The highest BCUT2D eigenvalue weighted by Gasteiger charge is 2.42. The molecule has 6 heteroatoms. The third-order valence-corrected chi connectivity index (χ3v) is 6.20. The third kappa shape index (κ3) is 7.26. The highest BCUT2D eigenvalue weighted by Crippen LogP contribution is 2.39. The van der Waals surface area contributed by atoms with Crippen LogP contribution in [0.1, 0.15) is 71.1 Å². The minimum Gasteiger partial charge on any atom is -0.357 e. The van der Waals surface area contributed by atoms with Crippen molar-refractivity contribution in [1.82, 2.24) is 20.4 Å². The van der Waals surface area contributed by atoms with Gasteiger partial charge in [0.15, 0.2) is 5.96 Å². The molecule has 1 aliphatic carbocycles. The second-order valence-corrected chi connectivity index (χ2v) is 8.77. The molecule has 0 aromatic carbocycles. The summed E-state index contributed by atoms with van der Waals surface area (Å²) >= 11 is 0. The number of carbonyl (C=O) groups is 1. The zero-order valence-electron chi connectivity index (χ0n) is 18.6. The SMILES string of the molecule is CCNC(=NCC1(C(=O)N(C)C)CCCC1)NCCCCCN1CCCCC1. The summed E-state index contributed by atoms with van der Waals surface area (Å²) in [5, 5.41) is 6.81. The number of amides is 1. The molecule has 2 rings (SSSR count). The monoisotopic (exact) mass is 393 g/mol. The number of nitrogens with one attached hydrogen (secondary N) is 2. The number of guanidine groups is 1. The van der Waals surface area contributed by atoms with Gasteiger partial charge in [0.25, 0.3) is 0 Å². The highest BCUT2D eigenvalue weighted by atomic mass is 16.2. The van der Waals surface area contributed by atoms with Gasteiger partial charge in [-0.2, -0.15) is 0 Å². The van der Waals surface area contributed by atoms with Crippen molar-refractivity contribution in [2.24, 2.45) is 10.4 Å². The number of hydrogen-bond acceptors (Lipinski definition) is 3. The van der Waals surface area contributed by atoms with Crippen molar-refractivity contribution in [2.75, 3.05) is 53.4 Å². The summed E-state index contributed by atoms with van der Waals surface area (Å²) in [7, 11) is 3.72. The van der Waals surface area contributed by atoms with Crippen LogP contribution in [-0.2, 0) is 4.79 Å². The fourth-order valence-corrected chi connectivity index (χ4v) is 4.56. The number of aliphatic imine (C=N–C) groups is 1. The first kappa shape index (κ1) is 23.0. The predicted octanol–water partition coefficient (Wildman–Crippen LogP) is 2.85. The van der Waals surface area contributed by atoms with Crippen LogP contribution in [0, 0.1) is 5.41 Å². The summed E-state index contributed by atoms with van der Waals surface area (Å²) < 4.78 is 0. The van der Waals surface area contributed by atoms with Gasteiger partial charge in [0.2, 0.25) is 5.91 Å². The van der Waals surface area contributed by atoms with Gasteiger partial charge >= 0.3 is 0 Å². The number of nitrogens with zero attached hydrogens (tertiary/aromatic N) is 3. The molecular formula is C22H43N5O. The molecule has 1 saturated heterocycles. The molecule has 162 valence electrons. The molecule has 28 heavy (non-hydrogen) atoms. The lowest BCUT2D eigenvalue weighted by Gasteiger charge is -2.29. The van der Waals surface area contributed by atoms with E-state index in [1.54, 1.807) is 4.90 Å². The molecule has 0 aromatic heterocycles. The summed E-state index contributed by atoms with van der Waals surface area (Å²) in [5.41, 5.74) is -0.291. The van der Waals surface area contributed by atoms with E-state index < -0.39 is 0 Å². The molecule has 1 amide bonds. The Labute approximate surface area is 172 Å². The maximum atomic E-state index is 12.7. The van der Waals surface area contributed by atoms with Gasteiger partial charge in [0.1, 0.15) is 0 Å². The molecule has 0 unspecified atom stereocenters. The molecule has 2 aliphatic rings. The van der Waals surface area contributed by atoms with Gasteiger partial charge < -0.3 is 20.4 Å². The molecule has 2 fully saturated rings. The van der Waals surface area contributed by atoms with E-state index in [1.807, 2.05) is 14.1 Å². The maximum absolute atomic E-state index is 12.7. The molecule has 0 aromatic rings. The standard InChI is InChI=1S/C22H43N5O/c1-4-23-21(24-15-9-5-10-16-27-17-11-6-12-18-27)25-19-22(13-7-8-14-22)20(28)26(2)3/h4-19H2,1-3H3,(H2,23,24,25). The van der Waals surface area contributed by atoms with Crippen LogP contribution in [0.25, 0.3) is 0 Å². The quantitative estimate of drug-likeness (QED) is 0.340. The number of rotatable bonds is 10. The van der Waals surface area contributed by atoms with E-state index in [0.717, 1.165) is 44.7 Å². The fourth-order valence-electron chi connectivity index (χ4n) is 4.56. The lowest BCUT2D eigenvalue weighted by Crippen LogP contribution is -2.43. The Hall–Kier alpha value is -1.30. The fraction of sp³-hybridized carbons (Fsp3) is 0.909. The van der Waals surface area contributed by atoms with Crippen LogP contribution < -0.4 is 10.6 Å². The van der Waals surface area contributed by atoms with E-state index in [9.17, 15) is 4.79 Å². The molecule has 1 heterocycles. The predicted molar refractivity (Wildman–Crippen MR) is 118 cm³/mol. The molecule has 1 aliphatic heterocycles. The van der Waals surface area contributed by atoms with Crippen molar-refractivity contribution in [3.05, 3.63) is 0 Å². The number of carbonyl (C=O) groups excluding carboxylic acids is 1. The van der Waals surface area contributed by atoms with Crippen molar-refractivity contribution in [2.45, 2.75) is 71.1 Å². The van der Waals surface area contributed by atoms with Crippen LogP contribution in [0.4, 0.5) is 0 Å². The second kappa shape index (κ2) is 12.3. The third-order valence-electron chi connectivity index (χ3n) is 6.20. The van der Waals surface area contributed by atoms with E-state index >= 15 is 0 Å². The van der Waals surface area contributed by atoms with Crippen molar-refractivity contribution >= 4 is 11.9 Å². The van der Waals surface area contributed by atoms with Gasteiger partial charge in [-0.05, 0) is 65.1 Å². The molecule has 0 atom stereocenters. The van der Waals surface area contributed by atoms with Gasteiger partial charge in [0, 0.05) is 27.2 Å². The Balaban J connectivity index is 1.72. The average molecular weight is 394 g/mol. The van der Waals surface area contributed by atoms with Gasteiger partial charge in [-0.15, -0.1) is 0 Å².